The number of piperidine rings is 1. The predicted molar refractivity (Wildman–Crippen MR) is 169 cm³/mol. The molecule has 6 aromatic rings. The maximum absolute atomic E-state index is 14.7. The van der Waals surface area contributed by atoms with Crippen LogP contribution in [-0.2, 0) is 6.54 Å². The van der Waals surface area contributed by atoms with Gasteiger partial charge in [-0.1, -0.05) is 6.42 Å². The van der Waals surface area contributed by atoms with Gasteiger partial charge in [-0.2, -0.15) is 5.10 Å². The molecule has 0 atom stereocenters. The molecule has 1 aromatic carbocycles. The number of aromatic nitrogens is 7. The van der Waals surface area contributed by atoms with Gasteiger partial charge in [0, 0.05) is 48.9 Å². The van der Waals surface area contributed by atoms with E-state index in [0.29, 0.717) is 51.6 Å². The fourth-order valence-electron chi connectivity index (χ4n) is 5.72. The van der Waals surface area contributed by atoms with E-state index in [0.717, 1.165) is 43.0 Å². The van der Waals surface area contributed by atoms with Crippen LogP contribution in [-0.4, -0.2) is 85.3 Å². The van der Waals surface area contributed by atoms with E-state index >= 15 is 0 Å². The number of likely N-dealkylation sites (N-methyl/N-ethyl adjacent to an activating group) is 1. The Bertz CT molecular complexity index is 1930. The Morgan fingerprint density at radius 2 is 1.75 bits per heavy atom. The van der Waals surface area contributed by atoms with Crippen molar-refractivity contribution in [3.63, 3.8) is 0 Å². The van der Waals surface area contributed by atoms with Crippen molar-refractivity contribution >= 4 is 22.1 Å². The highest BCUT2D eigenvalue weighted by Gasteiger charge is 2.18. The summed E-state index contributed by atoms with van der Waals surface area (Å²) in [6, 6.07) is 10.8. The topological polar surface area (TPSA) is 112 Å². The Labute approximate surface area is 254 Å². The second-order valence-electron chi connectivity index (χ2n) is 11.6. The van der Waals surface area contributed by atoms with E-state index in [1.54, 1.807) is 12.4 Å². The van der Waals surface area contributed by atoms with Gasteiger partial charge >= 0.3 is 0 Å². The number of aromatic amines is 2. The van der Waals surface area contributed by atoms with E-state index in [9.17, 15) is 4.39 Å². The second-order valence-corrected chi connectivity index (χ2v) is 11.6. The molecular formula is C33H34FN9O. The molecule has 10 nitrogen and oxygen atoms in total. The van der Waals surface area contributed by atoms with E-state index < -0.39 is 0 Å². The summed E-state index contributed by atoms with van der Waals surface area (Å²) >= 11 is 0. The van der Waals surface area contributed by atoms with Gasteiger partial charge in [0.1, 0.15) is 23.7 Å². The third-order valence-corrected chi connectivity index (χ3v) is 7.96. The number of benzene rings is 1. The number of nitrogens with one attached hydrogen (secondary N) is 2. The molecule has 1 aliphatic rings. The third-order valence-electron chi connectivity index (χ3n) is 7.96. The zero-order valence-corrected chi connectivity index (χ0v) is 24.8. The average Bonchev–Trinajstić information content (AvgIpc) is 3.65. The van der Waals surface area contributed by atoms with Crippen molar-refractivity contribution in [2.24, 2.45) is 0 Å². The Kier molecular flexibility index (Phi) is 7.71. The van der Waals surface area contributed by atoms with Crippen molar-refractivity contribution in [3.8, 4) is 39.7 Å². The molecule has 1 fully saturated rings. The normalized spacial score (nSPS) is 14.2. The van der Waals surface area contributed by atoms with Gasteiger partial charge in [-0.25, -0.2) is 14.4 Å². The number of ether oxygens (including phenoxy) is 1. The van der Waals surface area contributed by atoms with Crippen molar-refractivity contribution in [1.29, 1.82) is 0 Å². The Hall–Kier alpha value is -4.74. The third kappa shape index (κ3) is 5.88. The summed E-state index contributed by atoms with van der Waals surface area (Å²) in [5, 5.41) is 7.65. The van der Waals surface area contributed by atoms with Crippen LogP contribution in [0.1, 0.15) is 24.8 Å². The number of halogens is 1. The molecule has 1 saturated heterocycles. The quantitative estimate of drug-likeness (QED) is 0.221. The Balaban J connectivity index is 1.21. The zero-order valence-electron chi connectivity index (χ0n) is 24.8. The molecule has 0 saturated carbocycles. The van der Waals surface area contributed by atoms with Gasteiger partial charge in [-0.05, 0) is 81.5 Å². The SMILES string of the molecule is CN(C)CCOc1cc(F)cc(-c2cncc3[nH]c(-c4n[nH]c5ccc(-c6cncc(CN7CCCCC7)c6)nc45)nc23)c1. The molecule has 0 unspecified atom stereocenters. The largest absolute Gasteiger partial charge is 0.492 e. The lowest BCUT2D eigenvalue weighted by atomic mass is 10.1. The first kappa shape index (κ1) is 28.1. The van der Waals surface area contributed by atoms with Gasteiger partial charge in [0.25, 0.3) is 0 Å². The van der Waals surface area contributed by atoms with Gasteiger partial charge in [0.05, 0.1) is 28.4 Å². The molecular weight excluding hydrogens is 557 g/mol. The fourth-order valence-corrected chi connectivity index (χ4v) is 5.72. The summed E-state index contributed by atoms with van der Waals surface area (Å²) in [5.41, 5.74) is 7.71. The van der Waals surface area contributed by atoms with Crippen LogP contribution in [0.3, 0.4) is 0 Å². The number of likely N-dealkylation sites (tertiary alicyclic amines) is 1. The summed E-state index contributed by atoms with van der Waals surface area (Å²) < 4.78 is 20.5. The molecule has 0 amide bonds. The van der Waals surface area contributed by atoms with Crippen LogP contribution in [0.4, 0.5) is 4.39 Å². The van der Waals surface area contributed by atoms with Gasteiger partial charge in [-0.3, -0.25) is 20.0 Å². The maximum Gasteiger partial charge on any atom is 0.161 e. The van der Waals surface area contributed by atoms with E-state index in [-0.39, 0.29) is 5.82 Å². The van der Waals surface area contributed by atoms with Crippen LogP contribution in [0.25, 0.3) is 56.0 Å². The highest BCUT2D eigenvalue weighted by atomic mass is 19.1. The Morgan fingerprint density at radius 1 is 0.886 bits per heavy atom. The molecule has 0 spiro atoms. The lowest BCUT2D eigenvalue weighted by Gasteiger charge is -2.26. The summed E-state index contributed by atoms with van der Waals surface area (Å²) in [6.07, 6.45) is 11.0. The van der Waals surface area contributed by atoms with Gasteiger partial charge < -0.3 is 14.6 Å². The van der Waals surface area contributed by atoms with Gasteiger partial charge in [0.2, 0.25) is 0 Å². The van der Waals surface area contributed by atoms with Crippen molar-refractivity contribution in [2.45, 2.75) is 25.8 Å². The number of nitrogens with zero attached hydrogens (tertiary/aromatic N) is 7. The summed E-state index contributed by atoms with van der Waals surface area (Å²) in [6.45, 7) is 4.33. The first-order valence-corrected chi connectivity index (χ1v) is 14.9. The minimum atomic E-state index is -0.389. The van der Waals surface area contributed by atoms with Crippen molar-refractivity contribution in [2.75, 3.05) is 40.3 Å². The van der Waals surface area contributed by atoms with Crippen molar-refractivity contribution < 1.29 is 9.13 Å². The minimum Gasteiger partial charge on any atom is -0.492 e. The minimum absolute atomic E-state index is 0.389. The smallest absolute Gasteiger partial charge is 0.161 e. The van der Waals surface area contributed by atoms with Crippen LogP contribution >= 0.6 is 0 Å². The van der Waals surface area contributed by atoms with Gasteiger partial charge in [-0.15, -0.1) is 0 Å². The number of rotatable bonds is 9. The fraction of sp³-hybridized carbons (Fsp3) is 0.303. The van der Waals surface area contributed by atoms with Crippen LogP contribution in [0.15, 0.2) is 61.2 Å². The van der Waals surface area contributed by atoms with Crippen LogP contribution < -0.4 is 4.74 Å². The summed E-state index contributed by atoms with van der Waals surface area (Å²) in [7, 11) is 3.93. The van der Waals surface area contributed by atoms with E-state index in [1.165, 1.54) is 37.0 Å². The highest BCUT2D eigenvalue weighted by molar-refractivity contribution is 5.96. The van der Waals surface area contributed by atoms with Crippen LogP contribution in [0.5, 0.6) is 5.75 Å². The molecule has 7 rings (SSSR count). The number of fused-ring (bicyclic) bond motifs is 2. The molecule has 11 heteroatoms. The van der Waals surface area contributed by atoms with Crippen LogP contribution in [0.2, 0.25) is 0 Å². The first-order valence-electron chi connectivity index (χ1n) is 14.9. The average molecular weight is 592 g/mol. The number of hydrogen-bond donors (Lipinski definition) is 2. The first-order chi connectivity index (χ1) is 21.5. The van der Waals surface area contributed by atoms with Crippen molar-refractivity contribution in [3.05, 3.63) is 72.6 Å². The van der Waals surface area contributed by atoms with E-state index in [2.05, 4.69) is 36.1 Å². The molecule has 44 heavy (non-hydrogen) atoms. The molecule has 5 aromatic heterocycles. The molecule has 0 bridgehead atoms. The highest BCUT2D eigenvalue weighted by Crippen LogP contribution is 2.33. The molecule has 2 N–H and O–H groups in total. The molecule has 1 aliphatic heterocycles. The number of imidazole rings is 1. The van der Waals surface area contributed by atoms with Gasteiger partial charge in [0.15, 0.2) is 11.5 Å². The monoisotopic (exact) mass is 591 g/mol. The van der Waals surface area contributed by atoms with E-state index in [4.69, 9.17) is 14.7 Å². The zero-order chi connectivity index (χ0) is 30.0. The standard InChI is InChI=1S/C33H34FN9O/c1-42(2)10-11-44-25-14-22(13-24(34)15-25)26-18-36-19-29-30(26)39-33(38-29)32-31-28(40-41-32)7-6-27(37-31)23-12-21(16-35-17-23)20-43-8-4-3-5-9-43/h6-7,12-19H,3-5,8-11,20H2,1-2H3,(H,38,39)(H,40,41). The van der Waals surface area contributed by atoms with E-state index in [1.807, 2.05) is 49.6 Å². The Morgan fingerprint density at radius 3 is 2.61 bits per heavy atom. The molecule has 224 valence electrons. The lowest BCUT2D eigenvalue weighted by Crippen LogP contribution is -2.29. The van der Waals surface area contributed by atoms with Crippen LogP contribution in [0, 0.1) is 5.82 Å². The molecule has 0 radical (unpaired) electrons. The number of pyridine rings is 3. The molecule has 0 aliphatic carbocycles. The number of H-pyrrole nitrogens is 2. The maximum atomic E-state index is 14.7. The molecule has 6 heterocycles. The predicted octanol–water partition coefficient (Wildman–Crippen LogP) is 5.69. The summed E-state index contributed by atoms with van der Waals surface area (Å²) in [4.78, 5) is 26.7. The lowest BCUT2D eigenvalue weighted by molar-refractivity contribution is 0.220. The number of hydrogen-bond acceptors (Lipinski definition) is 8. The second kappa shape index (κ2) is 12.1. The summed E-state index contributed by atoms with van der Waals surface area (Å²) in [5.74, 6) is 0.611. The van der Waals surface area contributed by atoms with Crippen molar-refractivity contribution in [1.82, 2.24) is 44.9 Å².